The fourth-order valence-corrected chi connectivity index (χ4v) is 3.37. The number of carbonyl (C=O) groups excluding carboxylic acids is 1. The van der Waals surface area contributed by atoms with Gasteiger partial charge in [-0.2, -0.15) is 0 Å². The lowest BCUT2D eigenvalue weighted by atomic mass is 9.99. The Labute approximate surface area is 149 Å². The molecule has 1 unspecified atom stereocenters. The van der Waals surface area contributed by atoms with Crippen molar-refractivity contribution in [2.75, 3.05) is 19.7 Å². The van der Waals surface area contributed by atoms with E-state index in [0.29, 0.717) is 13.1 Å². The second kappa shape index (κ2) is 8.17. The highest BCUT2D eigenvalue weighted by atomic mass is 16.3. The molecule has 0 aromatic heterocycles. The smallest absolute Gasteiger partial charge is 0.317 e. The SMILES string of the molecule is Cc1cccc(-c2cccc(CNC(=O)N3CCCC(CO)C3)c2)c1. The molecule has 2 N–H and O–H groups in total. The fraction of sp³-hybridized carbons (Fsp3) is 0.381. The van der Waals surface area contributed by atoms with Crippen LogP contribution in [0.2, 0.25) is 0 Å². The van der Waals surface area contributed by atoms with E-state index < -0.39 is 0 Å². The van der Waals surface area contributed by atoms with Gasteiger partial charge in [-0.05, 0) is 48.4 Å². The molecule has 2 amide bonds. The van der Waals surface area contributed by atoms with E-state index in [1.165, 1.54) is 11.1 Å². The number of rotatable bonds is 4. The highest BCUT2D eigenvalue weighted by Crippen LogP contribution is 2.21. The molecular weight excluding hydrogens is 312 g/mol. The second-order valence-electron chi connectivity index (χ2n) is 6.87. The van der Waals surface area contributed by atoms with Gasteiger partial charge in [-0.25, -0.2) is 4.79 Å². The Morgan fingerprint density at radius 3 is 2.72 bits per heavy atom. The highest BCUT2D eigenvalue weighted by Gasteiger charge is 2.22. The Hall–Kier alpha value is -2.33. The number of amides is 2. The standard InChI is InChI=1S/C21H26N2O2/c1-16-5-2-8-19(11-16)20-9-3-6-17(12-20)13-22-21(25)23-10-4-7-18(14-23)15-24/h2-3,5-6,8-9,11-12,18,24H,4,7,10,13-15H2,1H3,(H,22,25). The lowest BCUT2D eigenvalue weighted by Crippen LogP contribution is -2.45. The van der Waals surface area contributed by atoms with Crippen LogP contribution in [0.5, 0.6) is 0 Å². The predicted molar refractivity (Wildman–Crippen MR) is 100 cm³/mol. The number of hydrogen-bond donors (Lipinski definition) is 2. The zero-order chi connectivity index (χ0) is 17.6. The topological polar surface area (TPSA) is 52.6 Å². The largest absolute Gasteiger partial charge is 0.396 e. The molecule has 3 rings (SSSR count). The molecule has 2 aromatic carbocycles. The van der Waals surface area contributed by atoms with E-state index in [0.717, 1.165) is 30.5 Å². The number of aryl methyl sites for hydroxylation is 1. The van der Waals surface area contributed by atoms with E-state index in [1.54, 1.807) is 0 Å². The van der Waals surface area contributed by atoms with Crippen molar-refractivity contribution in [3.05, 3.63) is 59.7 Å². The Morgan fingerprint density at radius 1 is 1.20 bits per heavy atom. The molecule has 4 heteroatoms. The summed E-state index contributed by atoms with van der Waals surface area (Å²) in [7, 11) is 0. The van der Waals surface area contributed by atoms with Gasteiger partial charge in [0.1, 0.15) is 0 Å². The van der Waals surface area contributed by atoms with E-state index in [2.05, 4.69) is 48.6 Å². The van der Waals surface area contributed by atoms with Gasteiger partial charge in [-0.3, -0.25) is 0 Å². The lowest BCUT2D eigenvalue weighted by molar-refractivity contribution is 0.129. The van der Waals surface area contributed by atoms with E-state index in [9.17, 15) is 9.90 Å². The molecule has 0 spiro atoms. The van der Waals surface area contributed by atoms with Crippen molar-refractivity contribution in [3.8, 4) is 11.1 Å². The Bertz CT molecular complexity index is 729. The molecule has 1 atom stereocenters. The number of nitrogens with zero attached hydrogens (tertiary/aromatic N) is 1. The maximum Gasteiger partial charge on any atom is 0.317 e. The number of benzene rings is 2. The molecule has 25 heavy (non-hydrogen) atoms. The van der Waals surface area contributed by atoms with Gasteiger partial charge in [0.05, 0.1) is 0 Å². The Kier molecular flexibility index (Phi) is 5.71. The number of hydrogen-bond acceptors (Lipinski definition) is 2. The van der Waals surface area contributed by atoms with Crippen LogP contribution in [0.15, 0.2) is 48.5 Å². The summed E-state index contributed by atoms with van der Waals surface area (Å²) in [6.45, 7) is 4.17. The van der Waals surface area contributed by atoms with Gasteiger partial charge in [0.15, 0.2) is 0 Å². The van der Waals surface area contributed by atoms with Crippen LogP contribution in [-0.2, 0) is 6.54 Å². The zero-order valence-electron chi connectivity index (χ0n) is 14.7. The van der Waals surface area contributed by atoms with Crippen LogP contribution in [-0.4, -0.2) is 35.7 Å². The molecule has 0 aliphatic carbocycles. The summed E-state index contributed by atoms with van der Waals surface area (Å²) >= 11 is 0. The molecule has 2 aromatic rings. The first-order chi connectivity index (χ1) is 12.2. The van der Waals surface area contributed by atoms with Gasteiger partial charge in [-0.1, -0.05) is 48.0 Å². The van der Waals surface area contributed by atoms with Gasteiger partial charge < -0.3 is 15.3 Å². The van der Waals surface area contributed by atoms with Crippen molar-refractivity contribution in [1.82, 2.24) is 10.2 Å². The zero-order valence-corrected chi connectivity index (χ0v) is 14.7. The predicted octanol–water partition coefficient (Wildman–Crippen LogP) is 3.58. The number of aliphatic hydroxyl groups excluding tert-OH is 1. The average molecular weight is 338 g/mol. The molecule has 0 bridgehead atoms. The number of aliphatic hydroxyl groups is 1. The number of nitrogens with one attached hydrogen (secondary N) is 1. The van der Waals surface area contributed by atoms with Crippen molar-refractivity contribution in [3.63, 3.8) is 0 Å². The first kappa shape index (κ1) is 17.5. The van der Waals surface area contributed by atoms with Crippen molar-refractivity contribution >= 4 is 6.03 Å². The summed E-state index contributed by atoms with van der Waals surface area (Å²) in [5.41, 5.74) is 4.67. The van der Waals surface area contributed by atoms with Gasteiger partial charge >= 0.3 is 6.03 Å². The third-order valence-corrected chi connectivity index (χ3v) is 4.79. The monoisotopic (exact) mass is 338 g/mol. The van der Waals surface area contributed by atoms with Crippen LogP contribution in [0.25, 0.3) is 11.1 Å². The van der Waals surface area contributed by atoms with E-state index in [4.69, 9.17) is 0 Å². The summed E-state index contributed by atoms with van der Waals surface area (Å²) in [5.74, 6) is 0.212. The highest BCUT2D eigenvalue weighted by molar-refractivity contribution is 5.74. The van der Waals surface area contributed by atoms with Crippen LogP contribution in [0.1, 0.15) is 24.0 Å². The van der Waals surface area contributed by atoms with Crippen molar-refractivity contribution in [1.29, 1.82) is 0 Å². The second-order valence-corrected chi connectivity index (χ2v) is 6.87. The molecule has 1 aliphatic rings. The molecule has 1 aliphatic heterocycles. The minimum Gasteiger partial charge on any atom is -0.396 e. The fourth-order valence-electron chi connectivity index (χ4n) is 3.37. The Balaban J connectivity index is 1.62. The van der Waals surface area contributed by atoms with Crippen LogP contribution in [0.3, 0.4) is 0 Å². The van der Waals surface area contributed by atoms with E-state index >= 15 is 0 Å². The number of carbonyl (C=O) groups is 1. The van der Waals surface area contributed by atoms with Crippen LogP contribution < -0.4 is 5.32 Å². The third-order valence-electron chi connectivity index (χ3n) is 4.79. The first-order valence-corrected chi connectivity index (χ1v) is 8.95. The van der Waals surface area contributed by atoms with Crippen LogP contribution >= 0.6 is 0 Å². The molecule has 1 fully saturated rings. The van der Waals surface area contributed by atoms with E-state index in [-0.39, 0.29) is 18.6 Å². The normalized spacial score (nSPS) is 17.4. The molecule has 132 valence electrons. The summed E-state index contributed by atoms with van der Waals surface area (Å²) in [5, 5.41) is 12.3. The number of urea groups is 1. The number of piperidine rings is 1. The van der Waals surface area contributed by atoms with Gasteiger partial charge in [0.2, 0.25) is 0 Å². The summed E-state index contributed by atoms with van der Waals surface area (Å²) in [4.78, 5) is 14.2. The summed E-state index contributed by atoms with van der Waals surface area (Å²) in [6.07, 6.45) is 1.96. The molecule has 0 radical (unpaired) electrons. The van der Waals surface area contributed by atoms with Crippen molar-refractivity contribution in [2.24, 2.45) is 5.92 Å². The third kappa shape index (κ3) is 4.60. The summed E-state index contributed by atoms with van der Waals surface area (Å²) in [6, 6.07) is 16.7. The lowest BCUT2D eigenvalue weighted by Gasteiger charge is -2.31. The molecule has 4 nitrogen and oxygen atoms in total. The molecular formula is C21H26N2O2. The van der Waals surface area contributed by atoms with Gasteiger partial charge in [0, 0.05) is 26.2 Å². The van der Waals surface area contributed by atoms with E-state index in [1.807, 2.05) is 17.0 Å². The first-order valence-electron chi connectivity index (χ1n) is 8.95. The van der Waals surface area contributed by atoms with Crippen molar-refractivity contribution in [2.45, 2.75) is 26.3 Å². The average Bonchev–Trinajstić information content (AvgIpc) is 2.66. The minimum atomic E-state index is -0.0425. The molecule has 0 saturated carbocycles. The Morgan fingerprint density at radius 2 is 1.96 bits per heavy atom. The van der Waals surface area contributed by atoms with Crippen molar-refractivity contribution < 1.29 is 9.90 Å². The number of likely N-dealkylation sites (tertiary alicyclic amines) is 1. The van der Waals surface area contributed by atoms with Gasteiger partial charge in [0.25, 0.3) is 0 Å². The molecule has 1 saturated heterocycles. The van der Waals surface area contributed by atoms with Gasteiger partial charge in [-0.15, -0.1) is 0 Å². The van der Waals surface area contributed by atoms with Crippen LogP contribution in [0, 0.1) is 12.8 Å². The quantitative estimate of drug-likeness (QED) is 0.895. The van der Waals surface area contributed by atoms with Crippen LogP contribution in [0.4, 0.5) is 4.79 Å². The maximum absolute atomic E-state index is 12.4. The maximum atomic E-state index is 12.4. The minimum absolute atomic E-state index is 0.0425. The molecule has 1 heterocycles. The summed E-state index contributed by atoms with van der Waals surface area (Å²) < 4.78 is 0.